The van der Waals surface area contributed by atoms with Gasteiger partial charge in [-0.3, -0.25) is 4.99 Å². The van der Waals surface area contributed by atoms with Crippen molar-refractivity contribution in [1.29, 1.82) is 0 Å². The number of methoxy groups -OCH3 is 1. The van der Waals surface area contributed by atoms with Gasteiger partial charge in [-0.1, -0.05) is 0 Å². The predicted molar refractivity (Wildman–Crippen MR) is 107 cm³/mol. The van der Waals surface area contributed by atoms with Crippen molar-refractivity contribution in [1.82, 2.24) is 15.1 Å². The number of hydrogen-bond donors (Lipinski definition) is 1. The van der Waals surface area contributed by atoms with Crippen LogP contribution in [0.25, 0.3) is 0 Å². The van der Waals surface area contributed by atoms with Gasteiger partial charge in [0.05, 0.1) is 12.9 Å². The number of ether oxygens (including phenoxy) is 1. The van der Waals surface area contributed by atoms with E-state index in [0.29, 0.717) is 0 Å². The van der Waals surface area contributed by atoms with E-state index in [1.54, 1.807) is 13.4 Å². The molecule has 148 valence electrons. The molecule has 1 aromatic rings. The first-order valence-corrected chi connectivity index (χ1v) is 9.88. The van der Waals surface area contributed by atoms with E-state index in [-0.39, 0.29) is 0 Å². The van der Waals surface area contributed by atoms with Crippen molar-refractivity contribution in [3.8, 4) is 0 Å². The zero-order valence-corrected chi connectivity index (χ0v) is 16.7. The molecule has 0 bridgehead atoms. The zero-order valence-electron chi connectivity index (χ0n) is 16.7. The molecule has 0 radical (unpaired) electrons. The highest BCUT2D eigenvalue weighted by Gasteiger charge is 2.21. The summed E-state index contributed by atoms with van der Waals surface area (Å²) in [7, 11) is 5.82. The van der Waals surface area contributed by atoms with E-state index < -0.39 is 0 Å². The van der Waals surface area contributed by atoms with Gasteiger partial charge in [-0.15, -0.1) is 0 Å². The second-order valence-corrected chi connectivity index (χ2v) is 7.17. The van der Waals surface area contributed by atoms with E-state index in [0.717, 1.165) is 56.8 Å². The van der Waals surface area contributed by atoms with E-state index in [1.807, 2.05) is 19.2 Å². The number of rotatable bonds is 10. The van der Waals surface area contributed by atoms with Gasteiger partial charge in [0.25, 0.3) is 0 Å². The molecule has 0 aliphatic carbocycles. The summed E-state index contributed by atoms with van der Waals surface area (Å²) < 4.78 is 10.5. The lowest BCUT2D eigenvalue weighted by molar-refractivity contribution is 0.158. The first-order valence-electron chi connectivity index (χ1n) is 9.88. The van der Waals surface area contributed by atoms with Crippen molar-refractivity contribution >= 4 is 5.96 Å². The second-order valence-electron chi connectivity index (χ2n) is 7.17. The maximum atomic E-state index is 5.38. The summed E-state index contributed by atoms with van der Waals surface area (Å²) in [6.45, 7) is 6.07. The largest absolute Gasteiger partial charge is 0.469 e. The van der Waals surface area contributed by atoms with Crippen LogP contribution in [-0.4, -0.2) is 76.3 Å². The molecule has 1 aliphatic rings. The number of aliphatic imine (C=N–C) groups is 1. The molecule has 0 spiro atoms. The number of nitrogens with one attached hydrogen (secondary N) is 1. The fourth-order valence-electron chi connectivity index (χ4n) is 3.53. The molecule has 0 saturated carbocycles. The molecule has 1 N–H and O–H groups in total. The Morgan fingerprint density at radius 3 is 2.85 bits per heavy atom. The molecule has 0 atom stereocenters. The van der Waals surface area contributed by atoms with Crippen LogP contribution in [0.5, 0.6) is 0 Å². The second kappa shape index (κ2) is 12.0. The molecular weight excluding hydrogens is 328 g/mol. The normalized spacial score (nSPS) is 16.5. The van der Waals surface area contributed by atoms with E-state index >= 15 is 0 Å². The van der Waals surface area contributed by atoms with Crippen molar-refractivity contribution in [3.05, 3.63) is 24.2 Å². The summed E-state index contributed by atoms with van der Waals surface area (Å²) in [5.41, 5.74) is 0. The summed E-state index contributed by atoms with van der Waals surface area (Å²) in [5, 5.41) is 3.47. The van der Waals surface area contributed by atoms with Gasteiger partial charge in [0.2, 0.25) is 0 Å². The molecule has 0 unspecified atom stereocenters. The molecule has 1 aromatic heterocycles. The summed E-state index contributed by atoms with van der Waals surface area (Å²) in [6.07, 6.45) is 7.75. The van der Waals surface area contributed by atoms with Gasteiger partial charge >= 0.3 is 0 Å². The zero-order chi connectivity index (χ0) is 18.6. The number of likely N-dealkylation sites (N-methyl/N-ethyl adjacent to an activating group) is 1. The van der Waals surface area contributed by atoms with Gasteiger partial charge in [-0.05, 0) is 57.3 Å². The molecule has 2 heterocycles. The summed E-state index contributed by atoms with van der Waals surface area (Å²) in [6, 6.07) is 3.95. The van der Waals surface area contributed by atoms with Gasteiger partial charge in [-0.2, -0.15) is 0 Å². The Labute approximate surface area is 158 Å². The third kappa shape index (κ3) is 7.38. The molecule has 2 rings (SSSR count). The van der Waals surface area contributed by atoms with Gasteiger partial charge in [0.1, 0.15) is 5.76 Å². The maximum absolute atomic E-state index is 5.38. The number of nitrogens with zero attached hydrogens (tertiary/aromatic N) is 3. The maximum Gasteiger partial charge on any atom is 0.193 e. The van der Waals surface area contributed by atoms with Gasteiger partial charge in [-0.25, -0.2) is 0 Å². The van der Waals surface area contributed by atoms with Crippen molar-refractivity contribution < 1.29 is 9.15 Å². The number of hydrogen-bond acceptors (Lipinski definition) is 4. The quantitative estimate of drug-likeness (QED) is 0.511. The smallest absolute Gasteiger partial charge is 0.193 e. The highest BCUT2D eigenvalue weighted by atomic mass is 16.5. The topological polar surface area (TPSA) is 53.2 Å². The fraction of sp³-hybridized carbons (Fsp3) is 0.750. The minimum Gasteiger partial charge on any atom is -0.469 e. The average Bonchev–Trinajstić information content (AvgIpc) is 3.18. The standard InChI is InChI=1S/C20H36N4O2/c1-21-20(22-11-8-19-7-5-16-26-19)24-13-9-18(10-14-24)6-4-12-23(2)15-17-25-3/h5,7,16,18H,4,6,8-15,17H2,1-3H3,(H,21,22). The Bertz CT molecular complexity index is 496. The third-order valence-corrected chi connectivity index (χ3v) is 5.19. The highest BCUT2D eigenvalue weighted by molar-refractivity contribution is 5.79. The van der Waals surface area contributed by atoms with Crippen LogP contribution in [0, 0.1) is 5.92 Å². The molecule has 6 nitrogen and oxygen atoms in total. The van der Waals surface area contributed by atoms with Crippen molar-refractivity contribution in [2.45, 2.75) is 32.1 Å². The van der Waals surface area contributed by atoms with Crippen LogP contribution >= 0.6 is 0 Å². The Morgan fingerprint density at radius 2 is 2.19 bits per heavy atom. The SMILES string of the molecule is CN=C(NCCc1ccco1)N1CCC(CCCN(C)CCOC)CC1. The average molecular weight is 365 g/mol. The lowest BCUT2D eigenvalue weighted by atomic mass is 9.92. The summed E-state index contributed by atoms with van der Waals surface area (Å²) >= 11 is 0. The van der Waals surface area contributed by atoms with Crippen molar-refractivity contribution in [2.75, 3.05) is 60.5 Å². The predicted octanol–water partition coefficient (Wildman–Crippen LogP) is 2.47. The van der Waals surface area contributed by atoms with E-state index in [1.165, 1.54) is 32.2 Å². The molecule has 0 aromatic carbocycles. The molecule has 1 aliphatic heterocycles. The van der Waals surface area contributed by atoms with Crippen LogP contribution in [0.1, 0.15) is 31.4 Å². The van der Waals surface area contributed by atoms with Crippen LogP contribution in [0.3, 0.4) is 0 Å². The minimum atomic E-state index is 0.820. The van der Waals surface area contributed by atoms with Gasteiger partial charge < -0.3 is 24.3 Å². The van der Waals surface area contributed by atoms with E-state index in [2.05, 4.69) is 27.2 Å². The van der Waals surface area contributed by atoms with Gasteiger partial charge in [0, 0.05) is 46.8 Å². The van der Waals surface area contributed by atoms with Crippen molar-refractivity contribution in [2.24, 2.45) is 10.9 Å². The Kier molecular flexibility index (Phi) is 9.56. The summed E-state index contributed by atoms with van der Waals surface area (Å²) in [5.74, 6) is 2.89. The van der Waals surface area contributed by atoms with Crippen LogP contribution in [-0.2, 0) is 11.2 Å². The number of likely N-dealkylation sites (tertiary alicyclic amines) is 1. The van der Waals surface area contributed by atoms with Crippen LogP contribution in [0.4, 0.5) is 0 Å². The Morgan fingerprint density at radius 1 is 1.38 bits per heavy atom. The van der Waals surface area contributed by atoms with Gasteiger partial charge in [0.15, 0.2) is 5.96 Å². The van der Waals surface area contributed by atoms with Crippen LogP contribution < -0.4 is 5.32 Å². The molecule has 26 heavy (non-hydrogen) atoms. The highest BCUT2D eigenvalue weighted by Crippen LogP contribution is 2.22. The lowest BCUT2D eigenvalue weighted by Crippen LogP contribution is -2.46. The number of guanidine groups is 1. The molecule has 1 fully saturated rings. The first-order chi connectivity index (χ1) is 12.7. The Hall–Kier alpha value is -1.53. The monoisotopic (exact) mass is 364 g/mol. The lowest BCUT2D eigenvalue weighted by Gasteiger charge is -2.34. The van der Waals surface area contributed by atoms with E-state index in [9.17, 15) is 0 Å². The Balaban J connectivity index is 1.60. The first kappa shape index (κ1) is 20.8. The fourth-order valence-corrected chi connectivity index (χ4v) is 3.53. The third-order valence-electron chi connectivity index (χ3n) is 5.19. The molecule has 0 amide bonds. The summed E-state index contributed by atoms with van der Waals surface area (Å²) in [4.78, 5) is 9.21. The van der Waals surface area contributed by atoms with Crippen LogP contribution in [0.2, 0.25) is 0 Å². The van der Waals surface area contributed by atoms with E-state index in [4.69, 9.17) is 9.15 Å². The molecule has 6 heteroatoms. The van der Waals surface area contributed by atoms with Crippen molar-refractivity contribution in [3.63, 3.8) is 0 Å². The van der Waals surface area contributed by atoms with Crippen LogP contribution in [0.15, 0.2) is 27.8 Å². The minimum absolute atomic E-state index is 0.820. The number of piperidine rings is 1. The molecule has 1 saturated heterocycles. The number of furan rings is 1. The molecular formula is C20H36N4O2.